The number of rotatable bonds is 68. The molecule has 1 unspecified atom stereocenters. The van der Waals surface area contributed by atoms with Gasteiger partial charge in [0.2, 0.25) is 82.5 Å². The van der Waals surface area contributed by atoms with Crippen molar-refractivity contribution in [1.29, 1.82) is 43.3 Å². The molecule has 824 valence electrons. The van der Waals surface area contributed by atoms with Crippen LogP contribution in [0.3, 0.4) is 0 Å². The van der Waals surface area contributed by atoms with Crippen LogP contribution in [0.1, 0.15) is 194 Å². The van der Waals surface area contributed by atoms with Crippen LogP contribution < -0.4 is 152 Å². The highest BCUT2D eigenvalue weighted by atomic mass is 32.2. The lowest BCUT2D eigenvalue weighted by Gasteiger charge is -2.29. The molecule has 3 heterocycles. The molecule has 2 aromatic carbocycles. The minimum absolute atomic E-state index is 0.00775. The van der Waals surface area contributed by atoms with Gasteiger partial charge in [0.1, 0.15) is 60.9 Å². The van der Waals surface area contributed by atoms with E-state index in [4.69, 9.17) is 94.9 Å². The van der Waals surface area contributed by atoms with Crippen molar-refractivity contribution < 1.29 is 79.9 Å². The maximum atomic E-state index is 15.1. The van der Waals surface area contributed by atoms with Gasteiger partial charge < -0.3 is 152 Å². The first kappa shape index (κ1) is 124. The average Bonchev–Trinajstić information content (AvgIpc) is 1.59. The Bertz CT molecular complexity index is 5320. The van der Waals surface area contributed by atoms with Crippen LogP contribution in [-0.2, 0) is 83.3 Å². The number of carbonyl (C=O) groups is 13. The number of nitrogens with one attached hydrogen (secondary N) is 26. The quantitative estimate of drug-likeness (QED) is 0.00561. The van der Waals surface area contributed by atoms with Crippen LogP contribution in [0.15, 0.2) is 83.4 Å². The van der Waals surface area contributed by atoms with Crippen LogP contribution in [-0.4, -0.2) is 297 Å². The Kier molecular flexibility index (Phi) is 52.4. The summed E-state index contributed by atoms with van der Waals surface area (Å²) in [6.45, 7) is 12.8. The second-order valence-electron chi connectivity index (χ2n) is 36.8. The zero-order valence-electron chi connectivity index (χ0n) is 85.4. The van der Waals surface area contributed by atoms with Crippen LogP contribution in [0.25, 0.3) is 0 Å². The molecule has 0 aromatic heterocycles. The first-order valence-corrected chi connectivity index (χ1v) is 52.0. The zero-order chi connectivity index (χ0) is 111. The number of allylic oxidation sites excluding steroid dienone is 6. The van der Waals surface area contributed by atoms with Gasteiger partial charge >= 0.3 is 0 Å². The van der Waals surface area contributed by atoms with E-state index in [1.165, 1.54) is 12.1 Å². The number of imide groups is 1. The first-order valence-electron chi connectivity index (χ1n) is 49.5. The summed E-state index contributed by atoms with van der Waals surface area (Å²) in [6.07, 6.45) is 10.3. The number of guanidine groups is 8. The van der Waals surface area contributed by atoms with Crippen molar-refractivity contribution in [2.75, 3.05) is 89.2 Å². The van der Waals surface area contributed by atoms with Crippen LogP contribution >= 0.6 is 11.8 Å². The van der Waals surface area contributed by atoms with E-state index < -0.39 is 188 Å². The topological polar surface area (TPSA) is 927 Å². The lowest BCUT2D eigenvalue weighted by Crippen LogP contribution is -2.60. The second-order valence-corrected chi connectivity index (χ2v) is 39.5. The fourth-order valence-electron chi connectivity index (χ4n) is 16.8. The summed E-state index contributed by atoms with van der Waals surface area (Å²) in [5, 5.41) is 108. The molecule has 10 atom stereocenters. The van der Waals surface area contributed by atoms with Crippen molar-refractivity contribution in [3.63, 3.8) is 0 Å². The van der Waals surface area contributed by atoms with Gasteiger partial charge in [-0.2, -0.15) is 13.0 Å². The summed E-state index contributed by atoms with van der Waals surface area (Å²) in [7, 11) is -4.41. The van der Waals surface area contributed by atoms with E-state index in [0.29, 0.717) is 25.9 Å². The molecule has 54 nitrogen and oxygen atoms in total. The third-order valence-electron chi connectivity index (χ3n) is 24.6. The van der Waals surface area contributed by atoms with Crippen molar-refractivity contribution in [2.24, 2.45) is 51.6 Å². The number of benzene rings is 2. The third kappa shape index (κ3) is 43.1. The van der Waals surface area contributed by atoms with E-state index >= 15 is 14.4 Å². The molecule has 13 amide bonds. The Hall–Kier alpha value is -15.1. The maximum Gasteiger partial charge on any atom is 0.294 e. The van der Waals surface area contributed by atoms with Crippen molar-refractivity contribution >= 4 is 163 Å². The summed E-state index contributed by atoms with van der Waals surface area (Å²) in [6, 6.07) is -1.08. The number of amides is 13. The maximum absolute atomic E-state index is 15.1. The standard InChI is InChI=1S/C93H154N38O16S2/c1-7-71(132)120-57(26-17-40-112-84(95)96)75(136)121-58(27-18-41-113-85(97)98)76(137)122-59(28-19-42-114-86(99)100)77(138)123-60(29-20-43-115-87(101)102)78(139)124-61(30-21-44-116-88(103)104)79(140)125-62(31-22-45-117-89(105)106)80(141)126-63(32-23-46-118-90(107)108)81(142)127-64(33-24-47-119-91(109)110)82(143)128-65(74(94)135)53-148-68-52-73(134)131(83(68)144)50-48-111-72(133)37-13-10-16-49-130-66-34-15-14-25-55(66)92(3,4)70(130)36-12-9-11-35-69-93(5,6)56-51-54(149(145,146)147)38-39-67(56)129(69)8-2/h9,11-12,14-15,25,34-36,38-39,51,57-65,68H,7-8,10,13,16-24,26-33,37,40-50,52-53H2,1-6H3,(H44-,94,95,96,97,98,99,100,101,102,103,104,105,106,107,108,109,110,111,112,113,114,115,116,117,118,119,120,121,122,123,124,125,126,127,128,132,133,135,136,137,138,139,140,141,142,143,145,146,147)/p+1/t57-,58-,59-,60-,61-,62-,63-,64-,65-,68?/m1/s1. The molecule has 0 aliphatic carbocycles. The summed E-state index contributed by atoms with van der Waals surface area (Å²) in [5.41, 5.74) is 55.4. The minimum Gasteiger partial charge on any atom is -0.370 e. The average molecular weight is 2130 g/mol. The van der Waals surface area contributed by atoms with Gasteiger partial charge in [-0.3, -0.25) is 115 Å². The van der Waals surface area contributed by atoms with Gasteiger partial charge in [0, 0.05) is 132 Å². The molecule has 1 saturated heterocycles. The molecule has 5 rings (SSSR count). The highest BCUT2D eigenvalue weighted by molar-refractivity contribution is 8.00. The highest BCUT2D eigenvalue weighted by Gasteiger charge is 2.46. The molecule has 56 heteroatoms. The van der Waals surface area contributed by atoms with E-state index in [1.54, 1.807) is 13.0 Å². The van der Waals surface area contributed by atoms with E-state index in [-0.39, 0.29) is 215 Å². The van der Waals surface area contributed by atoms with Crippen LogP contribution in [0.4, 0.5) is 11.4 Å². The normalized spacial score (nSPS) is 15.9. The van der Waals surface area contributed by atoms with Crippen molar-refractivity contribution in [3.8, 4) is 0 Å². The lowest BCUT2D eigenvalue weighted by molar-refractivity contribution is -0.433. The molecule has 149 heavy (non-hydrogen) atoms. The van der Waals surface area contributed by atoms with E-state index in [0.717, 1.165) is 57.0 Å². The first-order chi connectivity index (χ1) is 70.4. The summed E-state index contributed by atoms with van der Waals surface area (Å²) >= 11 is 0.845. The highest BCUT2D eigenvalue weighted by Crippen LogP contribution is 2.48. The van der Waals surface area contributed by atoms with Gasteiger partial charge in [-0.05, 0) is 166 Å². The number of likely N-dealkylation sites (tertiary alicyclic amines) is 1. The number of thioether (sulfide) groups is 1. The molecule has 2 aromatic rings. The van der Waals surface area contributed by atoms with Crippen molar-refractivity contribution in [2.45, 2.75) is 258 Å². The Morgan fingerprint density at radius 2 is 0.779 bits per heavy atom. The Balaban J connectivity index is 1.33. The fraction of sp³-hybridized carbons (Fsp3) is 0.570. The number of nitrogens with zero attached hydrogens (tertiary/aromatic N) is 3. The molecular formula is C93H155N38O16S2+. The van der Waals surface area contributed by atoms with Gasteiger partial charge in [-0.25, -0.2) is 0 Å². The number of hydrogen-bond donors (Lipinski definition) is 36. The molecule has 1 fully saturated rings. The summed E-state index contributed by atoms with van der Waals surface area (Å²) in [4.78, 5) is 188. The monoisotopic (exact) mass is 2120 g/mol. The van der Waals surface area contributed by atoms with Gasteiger partial charge in [-0.1, -0.05) is 63.6 Å². The summed E-state index contributed by atoms with van der Waals surface area (Å²) < 4.78 is 36.1. The third-order valence-corrected chi connectivity index (χ3v) is 26.7. The second kappa shape index (κ2) is 62.8. The molecule has 0 radical (unpaired) electrons. The molecule has 3 aliphatic rings. The van der Waals surface area contributed by atoms with Crippen LogP contribution in [0.2, 0.25) is 0 Å². The van der Waals surface area contributed by atoms with E-state index in [2.05, 4.69) is 137 Å². The molecular weight excluding hydrogens is 1970 g/mol. The van der Waals surface area contributed by atoms with Gasteiger partial charge in [0.25, 0.3) is 10.1 Å². The zero-order valence-corrected chi connectivity index (χ0v) is 87.0. The number of carbonyl (C=O) groups excluding carboxylic acids is 13. The molecule has 0 bridgehead atoms. The number of nitrogens with two attached hydrogens (primary N) is 9. The number of unbranched alkanes of at least 4 members (excludes halogenated alkanes) is 2. The Labute approximate surface area is 871 Å². The predicted molar refractivity (Wildman–Crippen MR) is 567 cm³/mol. The molecule has 0 spiro atoms. The molecule has 0 saturated carbocycles. The number of para-hydroxylation sites is 1. The lowest BCUT2D eigenvalue weighted by atomic mass is 9.81. The van der Waals surface area contributed by atoms with Gasteiger partial charge in [0.05, 0.1) is 15.6 Å². The molecule has 3 aliphatic heterocycles. The van der Waals surface area contributed by atoms with E-state index in [1.807, 2.05) is 57.2 Å². The predicted octanol–water partition coefficient (Wildman–Crippen LogP) is -4.97. The largest absolute Gasteiger partial charge is 0.370 e. The number of primary amides is 1. The Morgan fingerprint density at radius 3 is 1.12 bits per heavy atom. The van der Waals surface area contributed by atoms with Crippen LogP contribution in [0.5, 0.6) is 0 Å². The van der Waals surface area contributed by atoms with Gasteiger partial charge in [-0.15, -0.1) is 11.8 Å². The van der Waals surface area contributed by atoms with E-state index in [9.17, 15) is 60.9 Å². The van der Waals surface area contributed by atoms with Crippen molar-refractivity contribution in [3.05, 3.63) is 89.7 Å². The smallest absolute Gasteiger partial charge is 0.294 e. The number of anilines is 1. The van der Waals surface area contributed by atoms with Crippen molar-refractivity contribution in [1.82, 2.24) is 101 Å². The number of fused-ring (bicyclic) bond motifs is 2. The van der Waals surface area contributed by atoms with Gasteiger partial charge in [0.15, 0.2) is 53.4 Å². The summed E-state index contributed by atoms with van der Waals surface area (Å²) in [5.74, 6) is -14.9. The fourth-order valence-corrected chi connectivity index (χ4v) is 18.5. The molecule has 45 N–H and O–H groups in total. The SMILES string of the molecule is CCC(=O)N[C@H](CCCNC(=N)N)C(=O)N[C@H](CCCNC(=N)N)C(=O)N[C@H](CCCNC(=N)N)C(=O)N[C@H](CCCNC(=N)N)C(=O)N[C@H](CCCNC(=N)N)C(=O)N[C@H](CCCNC(=N)N)C(=O)N[C@H](CCCNC(=N)N)C(=O)N[C@H](CCCNC(=N)N)C(=O)N[C@H](CSC1CC(=O)N(CCNC(=O)CCCCCN2/C(=C/C=C/C=C/C3=[N+](CC)c4ccc(S(=O)(=O)O)cc4C3(C)C)C(C)(C)c3ccccc32)C1=O)C(N)=O. The number of hydrogen-bond acceptors (Lipinski definition) is 25. The van der Waals surface area contributed by atoms with Crippen LogP contribution in [0, 0.1) is 43.3 Å². The Morgan fingerprint density at radius 1 is 0.423 bits per heavy atom. The minimum atomic E-state index is -4.41.